The summed E-state index contributed by atoms with van der Waals surface area (Å²) >= 11 is 0. The molecular formula is C13H16N2O. The molecule has 0 aromatic heterocycles. The second kappa shape index (κ2) is 4.08. The van der Waals surface area contributed by atoms with Crippen molar-refractivity contribution in [3.63, 3.8) is 0 Å². The van der Waals surface area contributed by atoms with Gasteiger partial charge in [0.2, 0.25) is 0 Å². The minimum absolute atomic E-state index is 0.0757. The molecule has 1 aromatic carbocycles. The predicted octanol–water partition coefficient (Wildman–Crippen LogP) is 2.25. The second-order valence-electron chi connectivity index (χ2n) is 4.05. The Hall–Kier alpha value is -1.64. The van der Waals surface area contributed by atoms with Crippen molar-refractivity contribution in [3.8, 4) is 0 Å². The fourth-order valence-corrected chi connectivity index (χ4v) is 2.04. The molecule has 1 heterocycles. The molecule has 0 saturated carbocycles. The second-order valence-corrected chi connectivity index (χ2v) is 4.05. The first-order valence-corrected chi connectivity index (χ1v) is 5.56. The van der Waals surface area contributed by atoms with Crippen molar-refractivity contribution in [2.75, 3.05) is 11.9 Å². The minimum atomic E-state index is -0.239. The first-order chi connectivity index (χ1) is 7.65. The van der Waals surface area contributed by atoms with Gasteiger partial charge < -0.3 is 4.90 Å². The summed E-state index contributed by atoms with van der Waals surface area (Å²) in [5, 5.41) is 0. The molecule has 2 rings (SSSR count). The molecular weight excluding hydrogens is 200 g/mol. The fourth-order valence-electron chi connectivity index (χ4n) is 2.04. The van der Waals surface area contributed by atoms with Gasteiger partial charge in [0, 0.05) is 18.3 Å². The third-order valence-electron chi connectivity index (χ3n) is 3.01. The average Bonchev–Trinajstić information content (AvgIpc) is 2.41. The van der Waals surface area contributed by atoms with Crippen molar-refractivity contribution in [3.05, 3.63) is 29.8 Å². The van der Waals surface area contributed by atoms with Crippen LogP contribution in [0.3, 0.4) is 0 Å². The maximum atomic E-state index is 12.1. The highest BCUT2D eigenvalue weighted by Gasteiger charge is 2.26. The van der Waals surface area contributed by atoms with Crippen LogP contribution in [0.5, 0.6) is 0 Å². The summed E-state index contributed by atoms with van der Waals surface area (Å²) < 4.78 is 0. The van der Waals surface area contributed by atoms with Gasteiger partial charge in [-0.1, -0.05) is 25.1 Å². The number of anilines is 1. The third kappa shape index (κ3) is 1.62. The lowest BCUT2D eigenvalue weighted by molar-refractivity contribution is -0.119. The van der Waals surface area contributed by atoms with E-state index in [9.17, 15) is 4.79 Å². The Labute approximate surface area is 95.8 Å². The van der Waals surface area contributed by atoms with Gasteiger partial charge in [-0.2, -0.15) is 0 Å². The first kappa shape index (κ1) is 10.9. The number of hydrogen-bond acceptors (Lipinski definition) is 2. The Morgan fingerprint density at radius 3 is 2.75 bits per heavy atom. The molecule has 0 bridgehead atoms. The number of benzene rings is 1. The number of aliphatic imine (C=N–C) groups is 1. The standard InChI is InChI=1S/C13H16N2O/c1-4-11-13(16)15(3)12-8-6-5-7-10(12)9(2)14-11/h5-8,11H,4H2,1-3H3. The number of fused-ring (bicyclic) bond motifs is 1. The SMILES string of the molecule is CCC1N=C(C)c2ccccc2N(C)C1=O. The molecule has 1 aliphatic rings. The zero-order valence-electron chi connectivity index (χ0n) is 9.90. The molecule has 0 N–H and O–H groups in total. The number of likely N-dealkylation sites (N-methyl/N-ethyl adjacent to an activating group) is 1. The van der Waals surface area contributed by atoms with E-state index >= 15 is 0 Å². The molecule has 1 atom stereocenters. The van der Waals surface area contributed by atoms with Crippen LogP contribution in [0, 0.1) is 0 Å². The van der Waals surface area contributed by atoms with Gasteiger partial charge >= 0.3 is 0 Å². The topological polar surface area (TPSA) is 32.7 Å². The minimum Gasteiger partial charge on any atom is -0.313 e. The summed E-state index contributed by atoms with van der Waals surface area (Å²) in [7, 11) is 1.82. The summed E-state index contributed by atoms with van der Waals surface area (Å²) in [5.41, 5.74) is 2.94. The molecule has 3 heteroatoms. The molecule has 3 nitrogen and oxygen atoms in total. The number of amides is 1. The molecule has 1 unspecified atom stereocenters. The van der Waals surface area contributed by atoms with Crippen LogP contribution in [0.25, 0.3) is 0 Å². The number of hydrogen-bond donors (Lipinski definition) is 0. The number of para-hydroxylation sites is 1. The van der Waals surface area contributed by atoms with E-state index in [0.29, 0.717) is 0 Å². The van der Waals surface area contributed by atoms with Crippen molar-refractivity contribution in [1.29, 1.82) is 0 Å². The van der Waals surface area contributed by atoms with Crippen LogP contribution in [0.1, 0.15) is 25.8 Å². The third-order valence-corrected chi connectivity index (χ3v) is 3.01. The summed E-state index contributed by atoms with van der Waals surface area (Å²) in [5.74, 6) is 0.0757. The van der Waals surface area contributed by atoms with Crippen LogP contribution < -0.4 is 4.90 Å². The van der Waals surface area contributed by atoms with Gasteiger partial charge in [-0.25, -0.2) is 0 Å². The summed E-state index contributed by atoms with van der Waals surface area (Å²) in [6, 6.07) is 7.66. The smallest absolute Gasteiger partial charge is 0.251 e. The molecule has 0 radical (unpaired) electrons. The van der Waals surface area contributed by atoms with E-state index in [1.54, 1.807) is 4.90 Å². The fraction of sp³-hybridized carbons (Fsp3) is 0.385. The molecule has 1 aliphatic heterocycles. The Kier molecular flexibility index (Phi) is 2.77. The van der Waals surface area contributed by atoms with Gasteiger partial charge in [-0.05, 0) is 19.4 Å². The summed E-state index contributed by atoms with van der Waals surface area (Å²) in [4.78, 5) is 18.3. The first-order valence-electron chi connectivity index (χ1n) is 5.56. The van der Waals surface area contributed by atoms with Crippen molar-refractivity contribution in [2.45, 2.75) is 26.3 Å². The number of carbonyl (C=O) groups excluding carboxylic acids is 1. The largest absolute Gasteiger partial charge is 0.313 e. The normalized spacial score (nSPS) is 20.2. The zero-order valence-corrected chi connectivity index (χ0v) is 9.90. The van der Waals surface area contributed by atoms with Crippen LogP contribution in [-0.4, -0.2) is 24.7 Å². The van der Waals surface area contributed by atoms with Gasteiger partial charge in [-0.3, -0.25) is 9.79 Å². The van der Waals surface area contributed by atoms with Crippen LogP contribution in [0.4, 0.5) is 5.69 Å². The number of nitrogens with zero attached hydrogens (tertiary/aromatic N) is 2. The van der Waals surface area contributed by atoms with E-state index in [2.05, 4.69) is 4.99 Å². The molecule has 0 aliphatic carbocycles. The molecule has 1 amide bonds. The summed E-state index contributed by atoms with van der Waals surface area (Å²) in [6.07, 6.45) is 0.745. The van der Waals surface area contributed by atoms with E-state index in [1.807, 2.05) is 45.2 Å². The Bertz CT molecular complexity index is 451. The van der Waals surface area contributed by atoms with Crippen molar-refractivity contribution >= 4 is 17.3 Å². The van der Waals surface area contributed by atoms with Gasteiger partial charge in [0.1, 0.15) is 6.04 Å². The molecule has 84 valence electrons. The van der Waals surface area contributed by atoms with Crippen molar-refractivity contribution < 1.29 is 4.79 Å². The molecule has 1 aromatic rings. The number of carbonyl (C=O) groups is 1. The zero-order chi connectivity index (χ0) is 11.7. The monoisotopic (exact) mass is 216 g/mol. The Balaban J connectivity index is 2.58. The molecule has 0 saturated heterocycles. The van der Waals surface area contributed by atoms with Crippen LogP contribution in [0.15, 0.2) is 29.3 Å². The lowest BCUT2D eigenvalue weighted by Gasteiger charge is -2.19. The Morgan fingerprint density at radius 2 is 2.06 bits per heavy atom. The maximum Gasteiger partial charge on any atom is 0.251 e. The number of rotatable bonds is 1. The predicted molar refractivity (Wildman–Crippen MR) is 66.1 cm³/mol. The Morgan fingerprint density at radius 1 is 1.38 bits per heavy atom. The number of benzodiazepines with no additional fused rings is 1. The van der Waals surface area contributed by atoms with E-state index in [1.165, 1.54) is 0 Å². The average molecular weight is 216 g/mol. The molecule has 0 fully saturated rings. The lowest BCUT2D eigenvalue weighted by atomic mass is 10.1. The van der Waals surface area contributed by atoms with Gasteiger partial charge in [0.15, 0.2) is 0 Å². The van der Waals surface area contributed by atoms with Crippen LogP contribution >= 0.6 is 0 Å². The highest BCUT2D eigenvalue weighted by molar-refractivity contribution is 6.11. The quantitative estimate of drug-likeness (QED) is 0.708. The molecule has 16 heavy (non-hydrogen) atoms. The van der Waals surface area contributed by atoms with Gasteiger partial charge in [-0.15, -0.1) is 0 Å². The van der Waals surface area contributed by atoms with E-state index in [4.69, 9.17) is 0 Å². The van der Waals surface area contributed by atoms with Crippen LogP contribution in [0.2, 0.25) is 0 Å². The van der Waals surface area contributed by atoms with Gasteiger partial charge in [0.05, 0.1) is 5.69 Å². The van der Waals surface area contributed by atoms with E-state index in [-0.39, 0.29) is 11.9 Å². The maximum absolute atomic E-state index is 12.1. The van der Waals surface area contributed by atoms with Gasteiger partial charge in [0.25, 0.3) is 5.91 Å². The lowest BCUT2D eigenvalue weighted by Crippen LogP contribution is -2.34. The van der Waals surface area contributed by atoms with Crippen LogP contribution in [-0.2, 0) is 4.79 Å². The summed E-state index contributed by atoms with van der Waals surface area (Å²) in [6.45, 7) is 3.96. The van der Waals surface area contributed by atoms with Crippen molar-refractivity contribution in [2.24, 2.45) is 4.99 Å². The van der Waals surface area contributed by atoms with Crippen molar-refractivity contribution in [1.82, 2.24) is 0 Å². The molecule has 0 spiro atoms. The van der Waals surface area contributed by atoms with E-state index < -0.39 is 0 Å². The highest BCUT2D eigenvalue weighted by Crippen LogP contribution is 2.25. The van der Waals surface area contributed by atoms with E-state index in [0.717, 1.165) is 23.4 Å². The highest BCUT2D eigenvalue weighted by atomic mass is 16.2.